The van der Waals surface area contributed by atoms with Gasteiger partial charge in [0.25, 0.3) is 5.69 Å². The van der Waals surface area contributed by atoms with Crippen LogP contribution in [0.4, 0.5) is 17.1 Å². The number of nitrogens with zero attached hydrogens (tertiary/aromatic N) is 2. The van der Waals surface area contributed by atoms with Gasteiger partial charge in [-0.1, -0.05) is 12.1 Å². The van der Waals surface area contributed by atoms with Gasteiger partial charge >= 0.3 is 0 Å². The van der Waals surface area contributed by atoms with E-state index in [1.165, 1.54) is 12.1 Å². The fraction of sp³-hybridized carbons (Fsp3) is 0.368. The molecule has 0 radical (unpaired) electrons. The number of nitro benzene ring substituents is 1. The van der Waals surface area contributed by atoms with Crippen LogP contribution in [0.15, 0.2) is 47.4 Å². The second kappa shape index (κ2) is 8.05. The summed E-state index contributed by atoms with van der Waals surface area (Å²) in [6.07, 6.45) is 2.69. The van der Waals surface area contributed by atoms with Crippen molar-refractivity contribution in [3.8, 4) is 5.75 Å². The highest BCUT2D eigenvalue weighted by Gasteiger charge is 2.26. The molecule has 1 N–H and O–H groups in total. The maximum Gasteiger partial charge on any atom is 0.288 e. The second-order valence-electron chi connectivity index (χ2n) is 6.79. The van der Waals surface area contributed by atoms with Gasteiger partial charge in [-0.2, -0.15) is 0 Å². The Bertz CT molecular complexity index is 969. The third kappa shape index (κ3) is 4.36. The lowest BCUT2D eigenvalue weighted by atomic mass is 10.0. The Labute approximate surface area is 164 Å². The zero-order valence-electron chi connectivity index (χ0n) is 15.8. The molecule has 0 bridgehead atoms. The molecule has 0 aliphatic carbocycles. The minimum Gasteiger partial charge on any atom is -0.495 e. The summed E-state index contributed by atoms with van der Waals surface area (Å²) < 4.78 is 29.3. The first-order valence-corrected chi connectivity index (χ1v) is 10.8. The summed E-state index contributed by atoms with van der Waals surface area (Å²) in [5.74, 6) is 0.790. The van der Waals surface area contributed by atoms with E-state index >= 15 is 0 Å². The summed E-state index contributed by atoms with van der Waals surface area (Å²) in [6.45, 7) is 1.43. The zero-order valence-corrected chi connectivity index (χ0v) is 16.6. The number of nitro groups is 1. The lowest BCUT2D eigenvalue weighted by Crippen LogP contribution is -2.39. The third-order valence-corrected chi connectivity index (χ3v) is 5.99. The molecule has 2 aromatic carbocycles. The second-order valence-corrected chi connectivity index (χ2v) is 8.77. The number of hydrogen-bond acceptors (Lipinski definition) is 7. The molecule has 9 heteroatoms. The average Bonchev–Trinajstić information content (AvgIpc) is 2.68. The summed E-state index contributed by atoms with van der Waals surface area (Å²) in [7, 11) is -2.06. The van der Waals surface area contributed by atoms with Crippen molar-refractivity contribution in [2.75, 3.05) is 36.7 Å². The number of ether oxygens (including phenoxy) is 1. The molecule has 1 heterocycles. The molecule has 150 valence electrons. The fourth-order valence-electron chi connectivity index (χ4n) is 3.41. The van der Waals surface area contributed by atoms with Crippen molar-refractivity contribution in [2.24, 2.45) is 0 Å². The van der Waals surface area contributed by atoms with Crippen molar-refractivity contribution in [1.82, 2.24) is 0 Å². The summed E-state index contributed by atoms with van der Waals surface area (Å²) in [6, 6.07) is 12.3. The number of benzene rings is 2. The molecular formula is C19H23N3O5S. The summed E-state index contributed by atoms with van der Waals surface area (Å²) in [4.78, 5) is 12.3. The predicted octanol–water partition coefficient (Wildman–Crippen LogP) is 3.09. The first-order chi connectivity index (χ1) is 13.3. The van der Waals surface area contributed by atoms with Gasteiger partial charge in [0.1, 0.15) is 10.6 Å². The van der Waals surface area contributed by atoms with E-state index < -0.39 is 14.8 Å². The van der Waals surface area contributed by atoms with E-state index in [2.05, 4.69) is 10.2 Å². The van der Waals surface area contributed by atoms with E-state index in [-0.39, 0.29) is 16.6 Å². The Kier molecular flexibility index (Phi) is 5.73. The zero-order chi connectivity index (χ0) is 20.3. The Morgan fingerprint density at radius 3 is 2.46 bits per heavy atom. The largest absolute Gasteiger partial charge is 0.495 e. The van der Waals surface area contributed by atoms with Gasteiger partial charge < -0.3 is 15.0 Å². The number of para-hydroxylation sites is 2. The Morgan fingerprint density at radius 1 is 1.18 bits per heavy atom. The smallest absolute Gasteiger partial charge is 0.288 e. The van der Waals surface area contributed by atoms with Gasteiger partial charge in [0.2, 0.25) is 0 Å². The molecule has 3 rings (SSSR count). The van der Waals surface area contributed by atoms with Gasteiger partial charge in [0.05, 0.1) is 17.7 Å². The fourth-order valence-corrected chi connectivity index (χ4v) is 4.27. The molecule has 1 aliphatic rings. The van der Waals surface area contributed by atoms with Crippen LogP contribution in [0.3, 0.4) is 0 Å². The molecule has 0 unspecified atom stereocenters. The van der Waals surface area contributed by atoms with Crippen LogP contribution in [-0.4, -0.2) is 45.8 Å². The summed E-state index contributed by atoms with van der Waals surface area (Å²) in [5, 5.41) is 14.6. The molecule has 0 atom stereocenters. The quantitative estimate of drug-likeness (QED) is 0.582. The van der Waals surface area contributed by atoms with Crippen LogP contribution in [0, 0.1) is 10.1 Å². The van der Waals surface area contributed by atoms with E-state index in [1.807, 2.05) is 24.3 Å². The topological polar surface area (TPSA) is 102 Å². The third-order valence-electron chi connectivity index (χ3n) is 4.87. The van der Waals surface area contributed by atoms with Crippen LogP contribution >= 0.6 is 0 Å². The van der Waals surface area contributed by atoms with Crippen LogP contribution < -0.4 is 15.0 Å². The SMILES string of the molecule is COc1ccccc1NC1CCN(c2ccc([N+](=O)[O-])c(S(C)(=O)=O)c2)CC1. The van der Waals surface area contributed by atoms with Gasteiger partial charge in [-0.15, -0.1) is 0 Å². The monoisotopic (exact) mass is 405 g/mol. The maximum atomic E-state index is 12.0. The minimum atomic E-state index is -3.69. The van der Waals surface area contributed by atoms with E-state index in [0.717, 1.165) is 30.5 Å². The minimum absolute atomic E-state index is 0.246. The van der Waals surface area contributed by atoms with Crippen LogP contribution in [0.5, 0.6) is 5.75 Å². The lowest BCUT2D eigenvalue weighted by Gasteiger charge is -2.34. The predicted molar refractivity (Wildman–Crippen MR) is 108 cm³/mol. The number of methoxy groups -OCH3 is 1. The number of nitrogens with one attached hydrogen (secondary N) is 1. The molecule has 2 aromatic rings. The van der Waals surface area contributed by atoms with E-state index in [4.69, 9.17) is 4.74 Å². The van der Waals surface area contributed by atoms with Crippen LogP contribution in [0.2, 0.25) is 0 Å². The van der Waals surface area contributed by atoms with Crippen molar-refractivity contribution in [3.05, 3.63) is 52.6 Å². The van der Waals surface area contributed by atoms with Crippen LogP contribution in [0.1, 0.15) is 12.8 Å². The number of hydrogen-bond donors (Lipinski definition) is 1. The van der Waals surface area contributed by atoms with Gasteiger partial charge in [-0.05, 0) is 37.1 Å². The standard InChI is InChI=1S/C19H23N3O5S/c1-27-18-6-4-3-5-16(18)20-14-9-11-21(12-10-14)15-7-8-17(22(23)24)19(13-15)28(2,25)26/h3-8,13-14,20H,9-12H2,1-2H3. The Morgan fingerprint density at radius 2 is 1.86 bits per heavy atom. The molecule has 0 aromatic heterocycles. The molecule has 1 fully saturated rings. The molecular weight excluding hydrogens is 382 g/mol. The first-order valence-electron chi connectivity index (χ1n) is 8.92. The van der Waals surface area contributed by atoms with E-state index in [1.54, 1.807) is 13.2 Å². The van der Waals surface area contributed by atoms with Gasteiger partial charge in [-0.25, -0.2) is 8.42 Å². The van der Waals surface area contributed by atoms with Gasteiger partial charge in [-0.3, -0.25) is 10.1 Å². The van der Waals surface area contributed by atoms with Crippen molar-refractivity contribution >= 4 is 26.9 Å². The van der Waals surface area contributed by atoms with E-state index in [9.17, 15) is 18.5 Å². The Balaban J connectivity index is 1.72. The summed E-state index contributed by atoms with van der Waals surface area (Å²) in [5.41, 5.74) is 1.24. The maximum absolute atomic E-state index is 12.0. The van der Waals surface area contributed by atoms with Crippen molar-refractivity contribution in [3.63, 3.8) is 0 Å². The van der Waals surface area contributed by atoms with Crippen molar-refractivity contribution in [1.29, 1.82) is 0 Å². The number of anilines is 2. The van der Waals surface area contributed by atoms with Crippen molar-refractivity contribution < 1.29 is 18.1 Å². The van der Waals surface area contributed by atoms with Crippen LogP contribution in [0.25, 0.3) is 0 Å². The molecule has 0 saturated carbocycles. The van der Waals surface area contributed by atoms with Gasteiger partial charge in [0.15, 0.2) is 9.84 Å². The van der Waals surface area contributed by atoms with E-state index in [0.29, 0.717) is 18.8 Å². The number of sulfone groups is 1. The molecule has 0 amide bonds. The molecule has 28 heavy (non-hydrogen) atoms. The molecule has 1 aliphatic heterocycles. The number of rotatable bonds is 6. The number of piperidine rings is 1. The highest BCUT2D eigenvalue weighted by Crippen LogP contribution is 2.31. The average molecular weight is 405 g/mol. The normalized spacial score (nSPS) is 15.3. The van der Waals surface area contributed by atoms with Crippen LogP contribution in [-0.2, 0) is 9.84 Å². The molecule has 1 saturated heterocycles. The first kappa shape index (κ1) is 19.9. The van der Waals surface area contributed by atoms with Crippen molar-refractivity contribution in [2.45, 2.75) is 23.8 Å². The lowest BCUT2D eigenvalue weighted by molar-refractivity contribution is -0.387. The Hall–Kier alpha value is -2.81. The van der Waals surface area contributed by atoms with Gasteiger partial charge in [0, 0.05) is 37.1 Å². The highest BCUT2D eigenvalue weighted by molar-refractivity contribution is 7.90. The molecule has 0 spiro atoms. The highest BCUT2D eigenvalue weighted by atomic mass is 32.2. The summed E-state index contributed by atoms with van der Waals surface area (Å²) >= 11 is 0. The molecule has 8 nitrogen and oxygen atoms in total.